The van der Waals surface area contributed by atoms with Crippen LogP contribution in [0.4, 0.5) is 8.78 Å². The van der Waals surface area contributed by atoms with Crippen LogP contribution in [-0.2, 0) is 16.9 Å². The van der Waals surface area contributed by atoms with Crippen LogP contribution in [0.1, 0.15) is 45.1 Å². The van der Waals surface area contributed by atoms with Gasteiger partial charge in [0.2, 0.25) is 0 Å². The van der Waals surface area contributed by atoms with Gasteiger partial charge in [0.1, 0.15) is 17.2 Å². The van der Waals surface area contributed by atoms with Crippen molar-refractivity contribution in [2.45, 2.75) is 57.7 Å². The topological polar surface area (TPSA) is 40.2 Å². The lowest BCUT2D eigenvalue weighted by Crippen LogP contribution is -2.32. The molecule has 2 N–H and O–H groups in total. The summed E-state index contributed by atoms with van der Waals surface area (Å²) in [6.07, 6.45) is 7.66. The standard InChI is InChI=1S/C22H30F2N2O/c1-16(2)21(25)7-5-6-17-13-22(27-14-17,15-26-10-3-4-11-26)19-9-8-18(23)12-20(19)24/h3-4,8-12,16-17,21H,5-7,13-15,25H2,1-2H3/t17-,21?,22+/m1/s1. The summed E-state index contributed by atoms with van der Waals surface area (Å²) >= 11 is 0. The fraction of sp³-hybridized carbons (Fsp3) is 0.545. The van der Waals surface area contributed by atoms with Crippen molar-refractivity contribution >= 4 is 0 Å². The number of benzene rings is 1. The summed E-state index contributed by atoms with van der Waals surface area (Å²) in [7, 11) is 0. The van der Waals surface area contributed by atoms with Crippen LogP contribution in [0.15, 0.2) is 42.7 Å². The van der Waals surface area contributed by atoms with E-state index >= 15 is 0 Å². The Balaban J connectivity index is 1.74. The van der Waals surface area contributed by atoms with E-state index in [1.54, 1.807) is 0 Å². The highest BCUT2D eigenvalue weighted by atomic mass is 19.1. The summed E-state index contributed by atoms with van der Waals surface area (Å²) in [4.78, 5) is 0. The number of nitrogens with zero attached hydrogens (tertiary/aromatic N) is 1. The third-order valence-corrected chi connectivity index (χ3v) is 5.75. The Morgan fingerprint density at radius 2 is 2.00 bits per heavy atom. The van der Waals surface area contributed by atoms with Gasteiger partial charge in [0.15, 0.2) is 0 Å². The smallest absolute Gasteiger partial charge is 0.132 e. The largest absolute Gasteiger partial charge is 0.368 e. The van der Waals surface area contributed by atoms with Gasteiger partial charge < -0.3 is 15.0 Å². The summed E-state index contributed by atoms with van der Waals surface area (Å²) in [5.74, 6) is -0.274. The Labute approximate surface area is 160 Å². The second kappa shape index (κ2) is 8.53. The minimum absolute atomic E-state index is 0.214. The van der Waals surface area contributed by atoms with E-state index < -0.39 is 17.2 Å². The van der Waals surface area contributed by atoms with Crippen molar-refractivity contribution in [1.29, 1.82) is 0 Å². The van der Waals surface area contributed by atoms with Crippen LogP contribution in [-0.4, -0.2) is 17.2 Å². The molecule has 1 aliphatic heterocycles. The van der Waals surface area contributed by atoms with Crippen molar-refractivity contribution in [3.05, 3.63) is 59.9 Å². The van der Waals surface area contributed by atoms with Crippen molar-refractivity contribution in [2.24, 2.45) is 17.6 Å². The third-order valence-electron chi connectivity index (χ3n) is 5.75. The highest BCUT2D eigenvalue weighted by molar-refractivity contribution is 5.27. The van der Waals surface area contributed by atoms with E-state index in [9.17, 15) is 8.78 Å². The Bertz CT molecular complexity index is 732. The van der Waals surface area contributed by atoms with Gasteiger partial charge in [-0.15, -0.1) is 0 Å². The maximum Gasteiger partial charge on any atom is 0.132 e. The van der Waals surface area contributed by atoms with Crippen LogP contribution in [0.3, 0.4) is 0 Å². The van der Waals surface area contributed by atoms with Crippen LogP contribution in [0.25, 0.3) is 0 Å². The average molecular weight is 376 g/mol. The lowest BCUT2D eigenvalue weighted by Gasteiger charge is -2.30. The highest BCUT2D eigenvalue weighted by Crippen LogP contribution is 2.43. The van der Waals surface area contributed by atoms with E-state index in [1.807, 2.05) is 29.1 Å². The zero-order valence-electron chi connectivity index (χ0n) is 16.2. The molecule has 1 aromatic heterocycles. The second-order valence-corrected chi connectivity index (χ2v) is 8.19. The monoisotopic (exact) mass is 376 g/mol. The first-order valence-corrected chi connectivity index (χ1v) is 9.85. The molecule has 3 atom stereocenters. The minimum Gasteiger partial charge on any atom is -0.368 e. The fourth-order valence-corrected chi connectivity index (χ4v) is 4.04. The molecule has 0 radical (unpaired) electrons. The molecule has 0 amide bonds. The molecule has 148 valence electrons. The molecule has 3 rings (SSSR count). The summed E-state index contributed by atoms with van der Waals surface area (Å²) in [6.45, 7) is 5.39. The van der Waals surface area contributed by atoms with Gasteiger partial charge in [-0.1, -0.05) is 26.3 Å². The van der Waals surface area contributed by atoms with Gasteiger partial charge in [-0.3, -0.25) is 0 Å². The van der Waals surface area contributed by atoms with E-state index in [0.29, 0.717) is 30.6 Å². The molecule has 0 aliphatic carbocycles. The van der Waals surface area contributed by atoms with Crippen molar-refractivity contribution in [3.8, 4) is 0 Å². The van der Waals surface area contributed by atoms with Crippen LogP contribution in [0.2, 0.25) is 0 Å². The Morgan fingerprint density at radius 3 is 2.67 bits per heavy atom. The Kier molecular flexibility index (Phi) is 6.33. The molecule has 1 unspecified atom stereocenters. The maximum atomic E-state index is 14.6. The molecule has 2 aromatic rings. The fourth-order valence-electron chi connectivity index (χ4n) is 4.04. The lowest BCUT2D eigenvalue weighted by atomic mass is 9.84. The quantitative estimate of drug-likeness (QED) is 0.715. The number of hydrogen-bond acceptors (Lipinski definition) is 2. The number of hydrogen-bond donors (Lipinski definition) is 1. The predicted octanol–water partition coefficient (Wildman–Crippen LogP) is 4.85. The third kappa shape index (κ3) is 4.77. The van der Waals surface area contributed by atoms with Crippen LogP contribution >= 0.6 is 0 Å². The van der Waals surface area contributed by atoms with E-state index in [1.165, 1.54) is 12.1 Å². The van der Waals surface area contributed by atoms with Crippen molar-refractivity contribution in [2.75, 3.05) is 6.61 Å². The Morgan fingerprint density at radius 1 is 1.26 bits per heavy atom. The molecule has 0 spiro atoms. The first-order valence-electron chi connectivity index (χ1n) is 9.85. The number of rotatable bonds is 8. The minimum atomic E-state index is -0.762. The van der Waals surface area contributed by atoms with Crippen LogP contribution in [0.5, 0.6) is 0 Å². The molecular formula is C22H30F2N2O. The first-order chi connectivity index (χ1) is 12.9. The van der Waals surface area contributed by atoms with Gasteiger partial charge in [0.05, 0.1) is 13.2 Å². The summed E-state index contributed by atoms with van der Waals surface area (Å²) < 4.78 is 36.3. The van der Waals surface area contributed by atoms with E-state index in [0.717, 1.165) is 31.7 Å². The molecule has 3 nitrogen and oxygen atoms in total. The molecular weight excluding hydrogens is 346 g/mol. The molecule has 1 aromatic carbocycles. The van der Waals surface area contributed by atoms with Crippen molar-refractivity contribution in [1.82, 2.24) is 4.57 Å². The zero-order chi connectivity index (χ0) is 19.4. The highest BCUT2D eigenvalue weighted by Gasteiger charge is 2.43. The normalized spacial score (nSPS) is 23.9. The average Bonchev–Trinajstić information content (AvgIpc) is 3.25. The van der Waals surface area contributed by atoms with Gasteiger partial charge in [0, 0.05) is 30.1 Å². The second-order valence-electron chi connectivity index (χ2n) is 8.19. The molecule has 27 heavy (non-hydrogen) atoms. The summed E-state index contributed by atoms with van der Waals surface area (Å²) in [5.41, 5.74) is 5.83. The van der Waals surface area contributed by atoms with E-state index in [-0.39, 0.29) is 6.04 Å². The maximum absolute atomic E-state index is 14.6. The molecule has 5 heteroatoms. The van der Waals surface area contributed by atoms with Gasteiger partial charge in [0.25, 0.3) is 0 Å². The zero-order valence-corrected chi connectivity index (χ0v) is 16.2. The lowest BCUT2D eigenvalue weighted by molar-refractivity contribution is -0.0177. The van der Waals surface area contributed by atoms with Gasteiger partial charge in [-0.25, -0.2) is 8.78 Å². The van der Waals surface area contributed by atoms with Crippen LogP contribution in [0, 0.1) is 23.5 Å². The summed E-state index contributed by atoms with van der Waals surface area (Å²) in [6, 6.07) is 7.89. The molecule has 1 fully saturated rings. The van der Waals surface area contributed by atoms with E-state index in [2.05, 4.69) is 13.8 Å². The predicted molar refractivity (Wildman–Crippen MR) is 103 cm³/mol. The SMILES string of the molecule is CC(C)C(N)CCC[C@H]1CO[C@@](Cn2cccc2)(c2ccc(F)cc2F)C1. The van der Waals surface area contributed by atoms with Crippen molar-refractivity contribution < 1.29 is 13.5 Å². The van der Waals surface area contributed by atoms with Gasteiger partial charge in [-0.05, 0) is 49.3 Å². The molecule has 0 saturated carbocycles. The Hall–Kier alpha value is -1.72. The number of halogens is 2. The summed E-state index contributed by atoms with van der Waals surface area (Å²) in [5, 5.41) is 0. The number of aromatic nitrogens is 1. The van der Waals surface area contributed by atoms with Gasteiger partial charge in [-0.2, -0.15) is 0 Å². The molecule has 2 heterocycles. The molecule has 1 aliphatic rings. The van der Waals surface area contributed by atoms with Gasteiger partial charge >= 0.3 is 0 Å². The number of ether oxygens (including phenoxy) is 1. The van der Waals surface area contributed by atoms with E-state index in [4.69, 9.17) is 10.5 Å². The van der Waals surface area contributed by atoms with Crippen LogP contribution < -0.4 is 5.73 Å². The van der Waals surface area contributed by atoms with Crippen molar-refractivity contribution in [3.63, 3.8) is 0 Å². The first kappa shape index (κ1) is 20.0. The molecule has 1 saturated heterocycles. The molecule has 0 bridgehead atoms. The number of nitrogens with two attached hydrogens (primary N) is 1.